The second-order valence-corrected chi connectivity index (χ2v) is 2.12. The molecule has 0 saturated carbocycles. The van der Waals surface area contributed by atoms with Crippen LogP contribution in [0.3, 0.4) is 0 Å². The van der Waals surface area contributed by atoms with E-state index in [1.165, 1.54) is 0 Å². The zero-order valence-electron chi connectivity index (χ0n) is 7.78. The van der Waals surface area contributed by atoms with Crippen LogP contribution >= 0.6 is 0 Å². The Bertz CT molecular complexity index is 241. The summed E-state index contributed by atoms with van der Waals surface area (Å²) in [4.78, 5) is 8.89. The Morgan fingerprint density at radius 3 is 1.62 bits per heavy atom. The van der Waals surface area contributed by atoms with E-state index in [4.69, 9.17) is 21.4 Å². The van der Waals surface area contributed by atoms with Gasteiger partial charge in [-0.05, 0) is 19.1 Å². The summed E-state index contributed by atoms with van der Waals surface area (Å²) in [7, 11) is 0. The molecule has 1 aromatic carbocycles. The van der Waals surface area contributed by atoms with Crippen LogP contribution in [0.4, 0.5) is 11.4 Å². The van der Waals surface area contributed by atoms with E-state index in [9.17, 15) is 0 Å². The molecular weight excluding hydrogens is 179 g/mol. The van der Waals surface area contributed by atoms with E-state index >= 15 is 0 Å². The summed E-state index contributed by atoms with van der Waals surface area (Å²) in [5.74, 6) is -1.08. The quantitative estimate of drug-likeness (QED) is 0.329. The fourth-order valence-corrected chi connectivity index (χ4v) is 0.511. The van der Waals surface area contributed by atoms with E-state index in [1.807, 2.05) is 12.1 Å². The minimum Gasteiger partial charge on any atom is -0.550 e. The first-order valence-electron chi connectivity index (χ1n) is 3.31. The van der Waals surface area contributed by atoms with Crippen LogP contribution in [0.2, 0.25) is 0 Å². The van der Waals surface area contributed by atoms with Crippen LogP contribution in [0.15, 0.2) is 24.3 Å². The van der Waals surface area contributed by atoms with Gasteiger partial charge in [-0.3, -0.25) is 0 Å². The maximum Gasteiger partial charge on any atom is 1.00 e. The van der Waals surface area contributed by atoms with Gasteiger partial charge in [0.05, 0.1) is 11.4 Å². The number of anilines is 2. The minimum absolute atomic E-state index is 0. The second-order valence-electron chi connectivity index (χ2n) is 2.12. The largest absolute Gasteiger partial charge is 1.00 e. The average Bonchev–Trinajstić information content (AvgIpc) is 1.94. The molecule has 0 bridgehead atoms. The summed E-state index contributed by atoms with van der Waals surface area (Å²) >= 11 is 0. The van der Waals surface area contributed by atoms with Crippen molar-refractivity contribution in [3.8, 4) is 0 Å². The molecule has 4 nitrogen and oxygen atoms in total. The van der Waals surface area contributed by atoms with Crippen molar-refractivity contribution < 1.29 is 39.5 Å². The molecule has 0 unspecified atom stereocenters. The first-order chi connectivity index (χ1) is 5.54. The fraction of sp³-hybridized carbons (Fsp3) is 0.125. The summed E-state index contributed by atoms with van der Waals surface area (Å²) in [6.07, 6.45) is 0. The number of hydrogen-bond acceptors (Lipinski definition) is 4. The molecule has 0 spiro atoms. The van der Waals surface area contributed by atoms with E-state index < -0.39 is 5.97 Å². The molecule has 0 fully saturated rings. The minimum atomic E-state index is -1.08. The smallest absolute Gasteiger partial charge is 0.550 e. The molecule has 13 heavy (non-hydrogen) atoms. The predicted octanol–water partition coefficient (Wildman–Crippen LogP) is -3.39. The van der Waals surface area contributed by atoms with Crippen molar-refractivity contribution in [1.82, 2.24) is 0 Å². The van der Waals surface area contributed by atoms with Crippen molar-refractivity contribution >= 4 is 17.3 Å². The van der Waals surface area contributed by atoms with Crippen LogP contribution in [0.1, 0.15) is 6.92 Å². The second kappa shape index (κ2) is 7.91. The average molecular weight is 190 g/mol. The first-order valence-corrected chi connectivity index (χ1v) is 3.31. The molecule has 0 aliphatic heterocycles. The third kappa shape index (κ3) is 9.20. The van der Waals surface area contributed by atoms with E-state index in [0.717, 1.165) is 6.92 Å². The number of carboxylic acid groups (broad SMARTS) is 1. The van der Waals surface area contributed by atoms with E-state index in [1.54, 1.807) is 12.1 Å². The molecule has 0 aromatic heterocycles. The molecule has 0 atom stereocenters. The molecule has 0 heterocycles. The van der Waals surface area contributed by atoms with Gasteiger partial charge in [-0.25, -0.2) is 0 Å². The topological polar surface area (TPSA) is 92.2 Å². The van der Waals surface area contributed by atoms with Crippen LogP contribution < -0.4 is 46.1 Å². The summed E-state index contributed by atoms with van der Waals surface area (Å²) in [5, 5.41) is 8.89. The number of nitrogen functional groups attached to an aromatic ring is 2. The number of rotatable bonds is 0. The molecule has 0 radical (unpaired) electrons. The molecule has 0 aliphatic rings. The molecule has 1 aromatic rings. The van der Waals surface area contributed by atoms with Gasteiger partial charge >= 0.3 is 29.6 Å². The number of nitrogens with two attached hydrogens (primary N) is 2. The van der Waals surface area contributed by atoms with Crippen molar-refractivity contribution in [2.75, 3.05) is 11.5 Å². The van der Waals surface area contributed by atoms with E-state index in [-0.39, 0.29) is 29.6 Å². The summed E-state index contributed by atoms with van der Waals surface area (Å²) in [6.45, 7) is 0.972. The maximum atomic E-state index is 8.89. The Labute approximate surface area is 99.2 Å². The third-order valence-electron chi connectivity index (χ3n) is 0.996. The number of benzene rings is 1. The molecule has 1 rings (SSSR count). The van der Waals surface area contributed by atoms with Gasteiger partial charge in [0.1, 0.15) is 0 Å². The van der Waals surface area contributed by atoms with Crippen molar-refractivity contribution in [1.29, 1.82) is 0 Å². The van der Waals surface area contributed by atoms with Crippen LogP contribution in [-0.4, -0.2) is 5.97 Å². The standard InChI is InChI=1S/C6H8N2.C2H4O2.Na/c7-5-3-1-2-4-6(5)8;1-2(3)4;/h1-4H,7-8H2;1H3,(H,3,4);/q;;+1/p-1. The van der Waals surface area contributed by atoms with Crippen molar-refractivity contribution in [3.63, 3.8) is 0 Å². The first kappa shape index (κ1) is 14.8. The number of aliphatic carboxylic acids is 1. The Kier molecular flexibility index (Phi) is 9.01. The predicted molar refractivity (Wildman–Crippen MR) is 45.9 cm³/mol. The molecule has 0 saturated heterocycles. The van der Waals surface area contributed by atoms with Crippen LogP contribution in [0.5, 0.6) is 0 Å². The number of carbonyl (C=O) groups is 1. The van der Waals surface area contributed by atoms with Gasteiger partial charge in [0.2, 0.25) is 0 Å². The maximum absolute atomic E-state index is 8.89. The van der Waals surface area contributed by atoms with Gasteiger partial charge in [-0.15, -0.1) is 0 Å². The molecule has 4 N–H and O–H groups in total. The summed E-state index contributed by atoms with van der Waals surface area (Å²) < 4.78 is 0. The van der Waals surface area contributed by atoms with Gasteiger partial charge in [0.15, 0.2) is 0 Å². The van der Waals surface area contributed by atoms with E-state index in [2.05, 4.69) is 0 Å². The summed E-state index contributed by atoms with van der Waals surface area (Å²) in [5.41, 5.74) is 12.1. The van der Waals surface area contributed by atoms with Gasteiger partial charge in [-0.1, -0.05) is 12.1 Å². The van der Waals surface area contributed by atoms with Crippen molar-refractivity contribution in [2.24, 2.45) is 0 Å². The Morgan fingerprint density at radius 1 is 1.23 bits per heavy atom. The van der Waals surface area contributed by atoms with Gasteiger partial charge in [0.25, 0.3) is 0 Å². The molecule has 5 heteroatoms. The Hall–Kier alpha value is -0.710. The SMILES string of the molecule is CC(=O)[O-].Nc1ccccc1N.[Na+]. The van der Waals surface area contributed by atoms with Gasteiger partial charge in [-0.2, -0.15) is 0 Å². The number of hydrogen-bond donors (Lipinski definition) is 2. The Balaban J connectivity index is 0. The molecule has 66 valence electrons. The number of para-hydroxylation sites is 2. The number of carboxylic acids is 1. The fourth-order valence-electron chi connectivity index (χ4n) is 0.511. The van der Waals surface area contributed by atoms with Crippen molar-refractivity contribution in [2.45, 2.75) is 6.92 Å². The van der Waals surface area contributed by atoms with Gasteiger partial charge < -0.3 is 21.4 Å². The molecule has 0 aliphatic carbocycles. The van der Waals surface area contributed by atoms with Crippen LogP contribution in [-0.2, 0) is 4.79 Å². The number of carbonyl (C=O) groups excluding carboxylic acids is 1. The Morgan fingerprint density at radius 2 is 1.46 bits per heavy atom. The summed E-state index contributed by atoms with van der Waals surface area (Å²) in [6, 6.07) is 7.25. The normalized spacial score (nSPS) is 7.46. The zero-order chi connectivity index (χ0) is 9.56. The van der Waals surface area contributed by atoms with Crippen LogP contribution in [0.25, 0.3) is 0 Å². The van der Waals surface area contributed by atoms with Crippen molar-refractivity contribution in [3.05, 3.63) is 24.3 Å². The third-order valence-corrected chi connectivity index (χ3v) is 0.996. The zero-order valence-corrected chi connectivity index (χ0v) is 9.78. The molecular formula is C8H11N2NaO2. The van der Waals surface area contributed by atoms with Crippen LogP contribution in [0, 0.1) is 0 Å². The van der Waals surface area contributed by atoms with E-state index in [0.29, 0.717) is 11.4 Å². The molecule has 0 amide bonds. The monoisotopic (exact) mass is 190 g/mol. The van der Waals surface area contributed by atoms with Gasteiger partial charge in [0, 0.05) is 5.97 Å².